The van der Waals surface area contributed by atoms with E-state index in [9.17, 15) is 0 Å². The van der Waals surface area contributed by atoms with Crippen LogP contribution in [0, 0.1) is 0 Å². The van der Waals surface area contributed by atoms with Gasteiger partial charge in [0.1, 0.15) is 0 Å². The van der Waals surface area contributed by atoms with Crippen LogP contribution in [0.4, 0.5) is 0 Å². The molecule has 0 saturated heterocycles. The summed E-state index contributed by atoms with van der Waals surface area (Å²) in [7, 11) is 0. The van der Waals surface area contributed by atoms with Crippen molar-refractivity contribution in [3.8, 4) is 0 Å². The molecule has 0 bridgehead atoms. The molecular weight excluding hydrogens is 342 g/mol. The molecule has 0 unspecified atom stereocenters. The molecule has 0 fully saturated rings. The maximum atomic E-state index is 8.73. The molecule has 0 aromatic rings. The summed E-state index contributed by atoms with van der Waals surface area (Å²) in [5.41, 5.74) is 0. The van der Waals surface area contributed by atoms with Crippen LogP contribution in [-0.4, -0.2) is 24.8 Å². The van der Waals surface area contributed by atoms with Crippen LogP contribution >= 0.6 is 0 Å². The van der Waals surface area contributed by atoms with Crippen LogP contribution in [0.5, 0.6) is 0 Å². The van der Waals surface area contributed by atoms with Crippen molar-refractivity contribution in [3.63, 3.8) is 0 Å². The number of unbranched alkanes of at least 4 members (excludes halogenated alkanes) is 20. The zero-order chi connectivity index (χ0) is 20.4. The van der Waals surface area contributed by atoms with E-state index in [1.54, 1.807) is 0 Å². The average Bonchev–Trinajstić information content (AvgIpc) is 2.71. The first-order valence-corrected chi connectivity index (χ1v) is 13.2. The Morgan fingerprint density at radius 3 is 1.00 bits per heavy atom. The molecule has 2 heteroatoms. The van der Waals surface area contributed by atoms with Gasteiger partial charge in [0.2, 0.25) is 0 Å². The minimum Gasteiger partial charge on any atom is -0.396 e. The highest BCUT2D eigenvalue weighted by Crippen LogP contribution is 2.14. The van der Waals surface area contributed by atoms with Crippen molar-refractivity contribution in [2.24, 2.45) is 0 Å². The van der Waals surface area contributed by atoms with Gasteiger partial charge in [-0.05, 0) is 32.4 Å². The van der Waals surface area contributed by atoms with Crippen LogP contribution in [0.3, 0.4) is 0 Å². The number of aliphatic hydroxyl groups excluding tert-OH is 1. The molecule has 2 nitrogen and oxygen atoms in total. The molecule has 0 aromatic carbocycles. The van der Waals surface area contributed by atoms with Gasteiger partial charge in [0.25, 0.3) is 0 Å². The Hall–Kier alpha value is -0.0800. The lowest BCUT2D eigenvalue weighted by Crippen LogP contribution is -2.16. The summed E-state index contributed by atoms with van der Waals surface area (Å²) in [5, 5.41) is 12.3. The SMILES string of the molecule is CCCCCCCCCCCCCCCCCCCCNCCCCCCO. The van der Waals surface area contributed by atoms with E-state index >= 15 is 0 Å². The predicted octanol–water partition coefficient (Wildman–Crippen LogP) is 8.17. The van der Waals surface area contributed by atoms with Gasteiger partial charge in [0, 0.05) is 6.61 Å². The average molecular weight is 398 g/mol. The fourth-order valence-corrected chi connectivity index (χ4v) is 3.99. The van der Waals surface area contributed by atoms with Crippen molar-refractivity contribution in [1.29, 1.82) is 0 Å². The molecule has 0 aliphatic heterocycles. The van der Waals surface area contributed by atoms with Crippen LogP contribution in [0.1, 0.15) is 148 Å². The normalized spacial score (nSPS) is 11.4. The van der Waals surface area contributed by atoms with Gasteiger partial charge in [-0.25, -0.2) is 0 Å². The van der Waals surface area contributed by atoms with E-state index in [1.165, 1.54) is 141 Å². The number of hydrogen-bond donors (Lipinski definition) is 2. The van der Waals surface area contributed by atoms with Crippen molar-refractivity contribution in [2.45, 2.75) is 148 Å². The molecule has 0 saturated carbocycles. The Bertz CT molecular complexity index is 231. The molecule has 2 N–H and O–H groups in total. The van der Waals surface area contributed by atoms with E-state index in [0.717, 1.165) is 13.0 Å². The van der Waals surface area contributed by atoms with Crippen LogP contribution in [0.2, 0.25) is 0 Å². The molecule has 0 rings (SSSR count). The van der Waals surface area contributed by atoms with E-state index in [2.05, 4.69) is 12.2 Å². The molecule has 0 atom stereocenters. The minimum absolute atomic E-state index is 0.354. The first kappa shape index (κ1) is 27.9. The number of hydrogen-bond acceptors (Lipinski definition) is 2. The Morgan fingerprint density at radius 2 is 0.679 bits per heavy atom. The molecule has 28 heavy (non-hydrogen) atoms. The van der Waals surface area contributed by atoms with Gasteiger partial charge in [0.15, 0.2) is 0 Å². The lowest BCUT2D eigenvalue weighted by Gasteiger charge is -2.05. The lowest BCUT2D eigenvalue weighted by atomic mass is 10.0. The third-order valence-electron chi connectivity index (χ3n) is 5.97. The summed E-state index contributed by atoms with van der Waals surface area (Å²) in [6.45, 7) is 5.00. The van der Waals surface area contributed by atoms with Crippen molar-refractivity contribution in [1.82, 2.24) is 5.32 Å². The first-order valence-electron chi connectivity index (χ1n) is 13.2. The maximum absolute atomic E-state index is 8.73. The monoisotopic (exact) mass is 397 g/mol. The first-order chi connectivity index (χ1) is 13.9. The second kappa shape index (κ2) is 26.9. The summed E-state index contributed by atoms with van der Waals surface area (Å²) in [6.07, 6.45) is 30.7. The summed E-state index contributed by atoms with van der Waals surface area (Å²) in [6, 6.07) is 0. The van der Waals surface area contributed by atoms with Gasteiger partial charge < -0.3 is 10.4 Å². The van der Waals surface area contributed by atoms with Crippen molar-refractivity contribution < 1.29 is 5.11 Å². The Labute approximate surface area is 178 Å². The molecule has 0 aliphatic rings. The van der Waals surface area contributed by atoms with Crippen LogP contribution in [-0.2, 0) is 0 Å². The molecule has 0 aliphatic carbocycles. The maximum Gasteiger partial charge on any atom is 0.0431 e. The topological polar surface area (TPSA) is 32.3 Å². The second-order valence-electron chi connectivity index (χ2n) is 8.90. The van der Waals surface area contributed by atoms with Gasteiger partial charge in [-0.1, -0.05) is 129 Å². The van der Waals surface area contributed by atoms with E-state index < -0.39 is 0 Å². The van der Waals surface area contributed by atoms with Gasteiger partial charge >= 0.3 is 0 Å². The zero-order valence-electron chi connectivity index (χ0n) is 19.6. The highest BCUT2D eigenvalue weighted by atomic mass is 16.2. The summed E-state index contributed by atoms with van der Waals surface area (Å²) < 4.78 is 0. The van der Waals surface area contributed by atoms with Crippen LogP contribution in [0.25, 0.3) is 0 Å². The summed E-state index contributed by atoms with van der Waals surface area (Å²) >= 11 is 0. The van der Waals surface area contributed by atoms with E-state index in [-0.39, 0.29) is 0 Å². The fourth-order valence-electron chi connectivity index (χ4n) is 3.99. The quantitative estimate of drug-likeness (QED) is 0.152. The highest BCUT2D eigenvalue weighted by molar-refractivity contribution is 4.53. The second-order valence-corrected chi connectivity index (χ2v) is 8.90. The van der Waals surface area contributed by atoms with Crippen LogP contribution < -0.4 is 5.32 Å². The molecule has 0 aromatic heterocycles. The molecule has 0 heterocycles. The Morgan fingerprint density at radius 1 is 0.393 bits per heavy atom. The number of rotatable bonds is 25. The van der Waals surface area contributed by atoms with Crippen molar-refractivity contribution in [3.05, 3.63) is 0 Å². The standard InChI is InChI=1S/C26H55NO/c1-2-3-4-5-6-7-8-9-10-11-12-13-14-15-16-17-18-21-24-27-25-22-19-20-23-26-28/h27-28H,2-26H2,1H3. The number of aliphatic hydroxyl groups is 1. The molecule has 0 amide bonds. The van der Waals surface area contributed by atoms with Gasteiger partial charge in [-0.3, -0.25) is 0 Å². The molecule has 170 valence electrons. The predicted molar refractivity (Wildman–Crippen MR) is 127 cm³/mol. The van der Waals surface area contributed by atoms with Crippen LogP contribution in [0.15, 0.2) is 0 Å². The lowest BCUT2D eigenvalue weighted by molar-refractivity contribution is 0.282. The molecule has 0 radical (unpaired) electrons. The van der Waals surface area contributed by atoms with Gasteiger partial charge in [-0.15, -0.1) is 0 Å². The highest BCUT2D eigenvalue weighted by Gasteiger charge is 1.95. The fraction of sp³-hybridized carbons (Fsp3) is 1.00. The van der Waals surface area contributed by atoms with E-state index in [4.69, 9.17) is 5.11 Å². The van der Waals surface area contributed by atoms with E-state index in [1.807, 2.05) is 0 Å². The third-order valence-corrected chi connectivity index (χ3v) is 5.97. The minimum atomic E-state index is 0.354. The molecular formula is C26H55NO. The summed E-state index contributed by atoms with van der Waals surface area (Å²) in [5.74, 6) is 0. The third kappa shape index (κ3) is 25.9. The van der Waals surface area contributed by atoms with Gasteiger partial charge in [0.05, 0.1) is 0 Å². The van der Waals surface area contributed by atoms with Crippen molar-refractivity contribution in [2.75, 3.05) is 19.7 Å². The van der Waals surface area contributed by atoms with Crippen molar-refractivity contribution >= 4 is 0 Å². The number of nitrogens with one attached hydrogen (secondary N) is 1. The smallest absolute Gasteiger partial charge is 0.0431 e. The largest absolute Gasteiger partial charge is 0.396 e. The van der Waals surface area contributed by atoms with E-state index in [0.29, 0.717) is 6.61 Å². The Balaban J connectivity index is 2.96. The summed E-state index contributed by atoms with van der Waals surface area (Å²) in [4.78, 5) is 0. The molecule has 0 spiro atoms. The zero-order valence-corrected chi connectivity index (χ0v) is 19.6. The Kier molecular flexibility index (Phi) is 26.8. The van der Waals surface area contributed by atoms with Gasteiger partial charge in [-0.2, -0.15) is 0 Å².